The lowest BCUT2D eigenvalue weighted by atomic mass is 10.0. The molecule has 234 valence electrons. The lowest BCUT2D eigenvalue weighted by molar-refractivity contribution is -0.141. The Labute approximate surface area is 239 Å². The Kier molecular flexibility index (Phi) is 17.5. The van der Waals surface area contributed by atoms with E-state index in [4.69, 9.17) is 21.7 Å². The lowest BCUT2D eigenvalue weighted by Gasteiger charge is -2.25. The maximum absolute atomic E-state index is 13.1. The summed E-state index contributed by atoms with van der Waals surface area (Å²) in [4.78, 5) is 84.8. The number of carboxylic acid groups (broad SMARTS) is 2. The molecule has 0 aliphatic heterocycles. The lowest BCUT2D eigenvalue weighted by Crippen LogP contribution is -2.57. The maximum Gasteiger partial charge on any atom is 0.325 e. The first-order valence-corrected chi connectivity index (χ1v) is 13.5. The van der Waals surface area contributed by atoms with Crippen LogP contribution in [0, 0.1) is 5.92 Å². The quantitative estimate of drug-likeness (QED) is 0.0673. The SMILES string of the molecule is CC(C)CC(NC(=O)C(C)NC(=O)C(N)CCCCN)C(=O)NC(CCC(=O)O)C(=O)NCC(=O)NC(C)C(=O)O. The van der Waals surface area contributed by atoms with Gasteiger partial charge in [-0.1, -0.05) is 20.3 Å². The van der Waals surface area contributed by atoms with Crippen molar-refractivity contribution in [2.45, 2.75) is 96.4 Å². The number of unbranched alkanes of at least 4 members (excludes halogenated alkanes) is 1. The molecule has 0 aromatic heterocycles. The smallest absolute Gasteiger partial charge is 0.325 e. The monoisotopic (exact) mass is 587 g/mol. The van der Waals surface area contributed by atoms with Crippen molar-refractivity contribution in [3.8, 4) is 0 Å². The summed E-state index contributed by atoms with van der Waals surface area (Å²) < 4.78 is 0. The summed E-state index contributed by atoms with van der Waals surface area (Å²) in [5.74, 6) is -6.28. The summed E-state index contributed by atoms with van der Waals surface area (Å²) >= 11 is 0. The third-order valence-electron chi connectivity index (χ3n) is 5.85. The van der Waals surface area contributed by atoms with Crippen LogP contribution in [0.4, 0.5) is 0 Å². The fourth-order valence-corrected chi connectivity index (χ4v) is 3.48. The summed E-state index contributed by atoms with van der Waals surface area (Å²) in [6.07, 6.45) is 1.07. The molecule has 0 saturated carbocycles. The van der Waals surface area contributed by atoms with Gasteiger partial charge in [0.25, 0.3) is 0 Å². The predicted molar refractivity (Wildman–Crippen MR) is 147 cm³/mol. The molecule has 5 unspecified atom stereocenters. The second kappa shape index (κ2) is 19.3. The molecule has 0 radical (unpaired) electrons. The number of carboxylic acids is 2. The van der Waals surface area contributed by atoms with Gasteiger partial charge in [0.15, 0.2) is 0 Å². The number of carbonyl (C=O) groups is 7. The van der Waals surface area contributed by atoms with Gasteiger partial charge in [0.2, 0.25) is 29.5 Å². The van der Waals surface area contributed by atoms with Gasteiger partial charge < -0.3 is 48.3 Å². The molecular formula is C25H45N7O9. The Morgan fingerprint density at radius 1 is 0.707 bits per heavy atom. The number of nitrogens with two attached hydrogens (primary N) is 2. The minimum atomic E-state index is -1.38. The normalized spacial score (nSPS) is 14.5. The van der Waals surface area contributed by atoms with Crippen LogP contribution in [-0.4, -0.2) is 95.0 Å². The molecule has 16 nitrogen and oxygen atoms in total. The van der Waals surface area contributed by atoms with Gasteiger partial charge in [-0.05, 0) is 52.0 Å². The van der Waals surface area contributed by atoms with Crippen LogP contribution in [0.5, 0.6) is 0 Å². The van der Waals surface area contributed by atoms with E-state index in [1.807, 2.05) is 0 Å². The molecule has 0 heterocycles. The van der Waals surface area contributed by atoms with Crippen molar-refractivity contribution in [3.63, 3.8) is 0 Å². The molecule has 16 heteroatoms. The number of nitrogens with one attached hydrogen (secondary N) is 5. The number of rotatable bonds is 20. The largest absolute Gasteiger partial charge is 0.481 e. The zero-order chi connectivity index (χ0) is 31.7. The van der Waals surface area contributed by atoms with E-state index < -0.39 is 84.6 Å². The van der Waals surface area contributed by atoms with E-state index in [2.05, 4.69) is 26.6 Å². The van der Waals surface area contributed by atoms with Gasteiger partial charge >= 0.3 is 11.9 Å². The first kappa shape index (κ1) is 37.2. The summed E-state index contributed by atoms with van der Waals surface area (Å²) in [5.41, 5.74) is 11.3. The zero-order valence-corrected chi connectivity index (χ0v) is 24.0. The third-order valence-corrected chi connectivity index (χ3v) is 5.85. The van der Waals surface area contributed by atoms with Crippen LogP contribution < -0.4 is 38.1 Å². The summed E-state index contributed by atoms with van der Waals surface area (Å²) in [7, 11) is 0. The molecule has 0 spiro atoms. The standard InChI is InChI=1S/C25H45N7O9/c1-13(2)11-18(32-21(36)14(3)30-22(37)16(27)7-5-6-10-26)24(39)31-17(8-9-20(34)35)23(38)28-12-19(33)29-15(4)25(40)41/h13-18H,5-12,26-27H2,1-4H3,(H,28,38)(H,29,33)(H,30,37)(H,31,39)(H,32,36)(H,34,35)(H,40,41). The number of carbonyl (C=O) groups excluding carboxylic acids is 5. The van der Waals surface area contributed by atoms with Crippen LogP contribution in [-0.2, 0) is 33.6 Å². The Morgan fingerprint density at radius 3 is 1.85 bits per heavy atom. The molecule has 0 aromatic rings. The van der Waals surface area contributed by atoms with Crippen molar-refractivity contribution in [3.05, 3.63) is 0 Å². The van der Waals surface area contributed by atoms with Gasteiger partial charge in [-0.15, -0.1) is 0 Å². The Bertz CT molecular complexity index is 929. The second-order valence-corrected chi connectivity index (χ2v) is 10.2. The highest BCUT2D eigenvalue weighted by atomic mass is 16.4. The van der Waals surface area contributed by atoms with Crippen molar-refractivity contribution < 1.29 is 43.8 Å². The summed E-state index contributed by atoms with van der Waals surface area (Å²) in [6, 6.07) is -5.60. The Hall–Kier alpha value is -3.79. The van der Waals surface area contributed by atoms with Crippen LogP contribution in [0.25, 0.3) is 0 Å². The minimum absolute atomic E-state index is 0.0851. The van der Waals surface area contributed by atoms with Gasteiger partial charge in [0.05, 0.1) is 12.6 Å². The molecule has 0 saturated heterocycles. The van der Waals surface area contributed by atoms with Crippen LogP contribution in [0.2, 0.25) is 0 Å². The molecule has 0 bridgehead atoms. The van der Waals surface area contributed by atoms with Gasteiger partial charge in [-0.2, -0.15) is 0 Å². The average molecular weight is 588 g/mol. The summed E-state index contributed by atoms with van der Waals surface area (Å²) in [5, 5.41) is 29.8. The van der Waals surface area contributed by atoms with Crippen LogP contribution in [0.1, 0.15) is 66.2 Å². The number of aliphatic carboxylic acids is 2. The highest BCUT2D eigenvalue weighted by Crippen LogP contribution is 2.08. The highest BCUT2D eigenvalue weighted by Gasteiger charge is 2.30. The summed E-state index contributed by atoms with van der Waals surface area (Å²) in [6.45, 7) is 6.09. The molecule has 11 N–H and O–H groups in total. The van der Waals surface area contributed by atoms with Gasteiger partial charge in [-0.3, -0.25) is 33.6 Å². The third kappa shape index (κ3) is 16.2. The van der Waals surface area contributed by atoms with E-state index in [0.29, 0.717) is 25.8 Å². The number of amides is 5. The van der Waals surface area contributed by atoms with E-state index in [9.17, 15) is 33.6 Å². The van der Waals surface area contributed by atoms with Crippen LogP contribution >= 0.6 is 0 Å². The Balaban J connectivity index is 5.38. The molecule has 0 aromatic carbocycles. The fraction of sp³-hybridized carbons (Fsp3) is 0.720. The van der Waals surface area contributed by atoms with E-state index in [-0.39, 0.29) is 18.8 Å². The topological polar surface area (TPSA) is 272 Å². The van der Waals surface area contributed by atoms with Crippen molar-refractivity contribution in [1.29, 1.82) is 0 Å². The van der Waals surface area contributed by atoms with Gasteiger partial charge in [0, 0.05) is 6.42 Å². The molecule has 41 heavy (non-hydrogen) atoms. The van der Waals surface area contributed by atoms with Crippen molar-refractivity contribution in [1.82, 2.24) is 26.6 Å². The van der Waals surface area contributed by atoms with Crippen LogP contribution in [0.3, 0.4) is 0 Å². The average Bonchev–Trinajstić information content (AvgIpc) is 2.88. The molecule has 5 atom stereocenters. The van der Waals surface area contributed by atoms with Crippen molar-refractivity contribution in [2.75, 3.05) is 13.1 Å². The fourth-order valence-electron chi connectivity index (χ4n) is 3.48. The van der Waals surface area contributed by atoms with Crippen LogP contribution in [0.15, 0.2) is 0 Å². The zero-order valence-electron chi connectivity index (χ0n) is 24.0. The minimum Gasteiger partial charge on any atom is -0.481 e. The molecule has 0 fully saturated rings. The first-order valence-electron chi connectivity index (χ1n) is 13.5. The van der Waals surface area contributed by atoms with Gasteiger partial charge in [0.1, 0.15) is 24.2 Å². The van der Waals surface area contributed by atoms with E-state index in [1.54, 1.807) is 13.8 Å². The van der Waals surface area contributed by atoms with Gasteiger partial charge in [-0.25, -0.2) is 0 Å². The van der Waals surface area contributed by atoms with Crippen molar-refractivity contribution >= 4 is 41.5 Å². The molecule has 0 rings (SSSR count). The maximum atomic E-state index is 13.1. The number of hydrogen-bond acceptors (Lipinski definition) is 9. The van der Waals surface area contributed by atoms with E-state index >= 15 is 0 Å². The first-order chi connectivity index (χ1) is 19.1. The number of hydrogen-bond donors (Lipinski definition) is 9. The molecular weight excluding hydrogens is 542 g/mol. The second-order valence-electron chi connectivity index (χ2n) is 10.2. The molecule has 5 amide bonds. The Morgan fingerprint density at radius 2 is 1.32 bits per heavy atom. The van der Waals surface area contributed by atoms with E-state index in [0.717, 1.165) is 0 Å². The molecule has 0 aliphatic rings. The van der Waals surface area contributed by atoms with E-state index in [1.165, 1.54) is 13.8 Å². The highest BCUT2D eigenvalue weighted by molar-refractivity contribution is 5.95. The molecule has 0 aliphatic carbocycles. The predicted octanol–water partition coefficient (Wildman–Crippen LogP) is -2.47. The van der Waals surface area contributed by atoms with Crippen molar-refractivity contribution in [2.24, 2.45) is 17.4 Å².